The van der Waals surface area contributed by atoms with Crippen LogP contribution in [0.25, 0.3) is 0 Å². The Labute approximate surface area is 134 Å². The third-order valence-corrected chi connectivity index (χ3v) is 4.30. The lowest BCUT2D eigenvalue weighted by Gasteiger charge is -2.39. The van der Waals surface area contributed by atoms with E-state index < -0.39 is 0 Å². The fourth-order valence-corrected chi connectivity index (χ4v) is 3.33. The molecule has 120 valence electrons. The van der Waals surface area contributed by atoms with E-state index in [2.05, 4.69) is 24.1 Å². The predicted molar refractivity (Wildman–Crippen MR) is 89.6 cm³/mol. The number of hydrogen-bond donors (Lipinski definition) is 1. The Balaban J connectivity index is 0.00000220. The highest BCUT2D eigenvalue weighted by Crippen LogP contribution is 2.33. The second-order valence-electron chi connectivity index (χ2n) is 6.02. The maximum absolute atomic E-state index is 14.3. The largest absolute Gasteiger partial charge is 0.314 e. The van der Waals surface area contributed by atoms with Crippen molar-refractivity contribution >= 4 is 12.4 Å². The van der Waals surface area contributed by atoms with Gasteiger partial charge < -0.3 is 5.32 Å². The molecule has 1 aliphatic rings. The van der Waals surface area contributed by atoms with Crippen molar-refractivity contribution in [3.63, 3.8) is 0 Å². The van der Waals surface area contributed by atoms with Crippen molar-refractivity contribution < 1.29 is 4.39 Å². The lowest BCUT2D eigenvalue weighted by Crippen LogP contribution is -2.46. The van der Waals surface area contributed by atoms with Crippen molar-refractivity contribution in [1.82, 2.24) is 10.2 Å². The normalized spacial score (nSPS) is 18.9. The summed E-state index contributed by atoms with van der Waals surface area (Å²) in [5.41, 5.74) is 2.03. The van der Waals surface area contributed by atoms with E-state index in [0.717, 1.165) is 50.1 Å². The SMILES string of the molecule is CCCC(C)[C@@H](c1cc(C)ccc1F)N1CCNCC1.Cl. The number of aryl methyl sites for hydroxylation is 1. The van der Waals surface area contributed by atoms with E-state index >= 15 is 0 Å². The average molecular weight is 315 g/mol. The molecule has 1 fully saturated rings. The number of piperazine rings is 1. The second kappa shape index (κ2) is 8.72. The first-order valence-corrected chi connectivity index (χ1v) is 7.84. The summed E-state index contributed by atoms with van der Waals surface area (Å²) in [5.74, 6) is 0.427. The summed E-state index contributed by atoms with van der Waals surface area (Å²) < 4.78 is 14.3. The Kier molecular flexibility index (Phi) is 7.64. The molecule has 1 saturated heterocycles. The zero-order valence-corrected chi connectivity index (χ0v) is 14.2. The molecule has 1 heterocycles. The van der Waals surface area contributed by atoms with E-state index in [0.29, 0.717) is 5.92 Å². The fourth-order valence-electron chi connectivity index (χ4n) is 3.33. The standard InChI is InChI=1S/C17H27FN2.ClH/c1-4-5-14(3)17(20-10-8-19-9-11-20)15-12-13(2)6-7-16(15)18;/h6-7,12,14,17,19H,4-5,8-11H2,1-3H3;1H/t14?,17-;/m0./s1. The molecule has 0 aromatic heterocycles. The van der Waals surface area contributed by atoms with Gasteiger partial charge in [0, 0.05) is 37.8 Å². The first kappa shape index (κ1) is 18.4. The molecule has 0 spiro atoms. The minimum absolute atomic E-state index is 0. The van der Waals surface area contributed by atoms with Crippen molar-refractivity contribution in [2.24, 2.45) is 5.92 Å². The van der Waals surface area contributed by atoms with Crippen LogP contribution < -0.4 is 5.32 Å². The third kappa shape index (κ3) is 4.67. The van der Waals surface area contributed by atoms with Gasteiger partial charge in [0.25, 0.3) is 0 Å². The van der Waals surface area contributed by atoms with Gasteiger partial charge in [0.1, 0.15) is 5.82 Å². The van der Waals surface area contributed by atoms with Crippen LogP contribution in [0.2, 0.25) is 0 Å². The van der Waals surface area contributed by atoms with Crippen molar-refractivity contribution in [2.75, 3.05) is 26.2 Å². The summed E-state index contributed by atoms with van der Waals surface area (Å²) in [6, 6.07) is 5.72. The van der Waals surface area contributed by atoms with Crippen molar-refractivity contribution in [2.45, 2.75) is 39.7 Å². The number of nitrogens with one attached hydrogen (secondary N) is 1. The van der Waals surface area contributed by atoms with Crippen molar-refractivity contribution in [3.8, 4) is 0 Å². The zero-order valence-electron chi connectivity index (χ0n) is 13.4. The smallest absolute Gasteiger partial charge is 0.128 e. The van der Waals surface area contributed by atoms with Gasteiger partial charge >= 0.3 is 0 Å². The van der Waals surface area contributed by atoms with E-state index in [4.69, 9.17) is 0 Å². The highest BCUT2D eigenvalue weighted by atomic mass is 35.5. The van der Waals surface area contributed by atoms with Crippen LogP contribution in [0.3, 0.4) is 0 Å². The Morgan fingerprint density at radius 3 is 2.57 bits per heavy atom. The lowest BCUT2D eigenvalue weighted by molar-refractivity contribution is 0.123. The number of hydrogen-bond acceptors (Lipinski definition) is 2. The van der Waals surface area contributed by atoms with E-state index in [9.17, 15) is 4.39 Å². The van der Waals surface area contributed by atoms with Crippen LogP contribution in [0, 0.1) is 18.7 Å². The maximum atomic E-state index is 14.3. The van der Waals surface area contributed by atoms with Gasteiger partial charge in [-0.05, 0) is 25.3 Å². The van der Waals surface area contributed by atoms with Gasteiger partial charge in [0.15, 0.2) is 0 Å². The minimum atomic E-state index is -0.0536. The molecule has 0 aliphatic carbocycles. The van der Waals surface area contributed by atoms with E-state index in [1.165, 1.54) is 0 Å². The molecule has 2 rings (SSSR count). The van der Waals surface area contributed by atoms with Crippen LogP contribution in [0.1, 0.15) is 43.9 Å². The fraction of sp³-hybridized carbons (Fsp3) is 0.647. The number of benzene rings is 1. The molecule has 21 heavy (non-hydrogen) atoms. The Hall–Kier alpha value is -0.640. The highest BCUT2D eigenvalue weighted by Gasteiger charge is 2.28. The van der Waals surface area contributed by atoms with Crippen LogP contribution in [-0.2, 0) is 0 Å². The molecule has 2 atom stereocenters. The van der Waals surface area contributed by atoms with Crippen LogP contribution >= 0.6 is 12.4 Å². The quantitative estimate of drug-likeness (QED) is 0.885. The Morgan fingerprint density at radius 2 is 1.95 bits per heavy atom. The maximum Gasteiger partial charge on any atom is 0.128 e. The lowest BCUT2D eigenvalue weighted by atomic mass is 9.88. The third-order valence-electron chi connectivity index (χ3n) is 4.30. The second-order valence-corrected chi connectivity index (χ2v) is 6.02. The molecule has 1 aromatic rings. The Morgan fingerprint density at radius 1 is 1.29 bits per heavy atom. The summed E-state index contributed by atoms with van der Waals surface area (Å²) in [6.07, 6.45) is 2.29. The zero-order chi connectivity index (χ0) is 14.5. The van der Waals surface area contributed by atoms with E-state index in [1.54, 1.807) is 6.07 Å². The van der Waals surface area contributed by atoms with Gasteiger partial charge in [-0.2, -0.15) is 0 Å². The van der Waals surface area contributed by atoms with Crippen LogP contribution in [0.15, 0.2) is 18.2 Å². The van der Waals surface area contributed by atoms with Gasteiger partial charge in [0.05, 0.1) is 0 Å². The molecule has 0 amide bonds. The monoisotopic (exact) mass is 314 g/mol. The van der Waals surface area contributed by atoms with Gasteiger partial charge in [0.2, 0.25) is 0 Å². The highest BCUT2D eigenvalue weighted by molar-refractivity contribution is 5.85. The summed E-state index contributed by atoms with van der Waals surface area (Å²) in [5, 5.41) is 3.38. The number of nitrogens with zero attached hydrogens (tertiary/aromatic N) is 1. The van der Waals surface area contributed by atoms with Crippen molar-refractivity contribution in [1.29, 1.82) is 0 Å². The summed E-state index contributed by atoms with van der Waals surface area (Å²) >= 11 is 0. The molecular formula is C17H28ClFN2. The first-order chi connectivity index (χ1) is 9.63. The van der Waals surface area contributed by atoms with Gasteiger partial charge in [-0.3, -0.25) is 4.90 Å². The van der Waals surface area contributed by atoms with Crippen LogP contribution in [-0.4, -0.2) is 31.1 Å². The van der Waals surface area contributed by atoms with Crippen LogP contribution in [0.5, 0.6) is 0 Å². The molecule has 0 bridgehead atoms. The number of rotatable bonds is 5. The van der Waals surface area contributed by atoms with Gasteiger partial charge in [-0.1, -0.05) is 38.0 Å². The predicted octanol–water partition coefficient (Wildman–Crippen LogP) is 3.94. The summed E-state index contributed by atoms with van der Waals surface area (Å²) in [6.45, 7) is 10.5. The molecule has 1 N–H and O–H groups in total. The average Bonchev–Trinajstić information content (AvgIpc) is 2.44. The van der Waals surface area contributed by atoms with E-state index in [1.807, 2.05) is 19.1 Å². The molecule has 1 aliphatic heterocycles. The molecule has 0 saturated carbocycles. The first-order valence-electron chi connectivity index (χ1n) is 7.84. The molecule has 0 radical (unpaired) electrons. The molecule has 4 heteroatoms. The number of halogens is 2. The van der Waals surface area contributed by atoms with Gasteiger partial charge in [-0.25, -0.2) is 4.39 Å². The summed E-state index contributed by atoms with van der Waals surface area (Å²) in [7, 11) is 0. The van der Waals surface area contributed by atoms with Crippen molar-refractivity contribution in [3.05, 3.63) is 35.1 Å². The topological polar surface area (TPSA) is 15.3 Å². The minimum Gasteiger partial charge on any atom is -0.314 e. The Bertz CT molecular complexity index is 433. The van der Waals surface area contributed by atoms with Gasteiger partial charge in [-0.15, -0.1) is 12.4 Å². The summed E-state index contributed by atoms with van der Waals surface area (Å²) in [4.78, 5) is 2.45. The van der Waals surface area contributed by atoms with E-state index in [-0.39, 0.29) is 24.3 Å². The van der Waals surface area contributed by atoms with Crippen LogP contribution in [0.4, 0.5) is 4.39 Å². The molecular weight excluding hydrogens is 287 g/mol. The molecule has 2 nitrogen and oxygen atoms in total. The molecule has 1 aromatic carbocycles. The molecule has 1 unspecified atom stereocenters.